The molecule has 0 aliphatic carbocycles. The van der Waals surface area contributed by atoms with Crippen LogP contribution >= 0.6 is 0 Å². The third kappa shape index (κ3) is 2.05. The highest BCUT2D eigenvalue weighted by molar-refractivity contribution is 5.84. The molecule has 0 saturated carbocycles. The first-order chi connectivity index (χ1) is 9.15. The molecule has 0 radical (unpaired) electrons. The molecule has 0 saturated heterocycles. The molecule has 1 aromatic carbocycles. The molecule has 0 unspecified atom stereocenters. The van der Waals surface area contributed by atoms with Crippen molar-refractivity contribution in [1.29, 1.82) is 0 Å². The lowest BCUT2D eigenvalue weighted by Crippen LogP contribution is -2.14. The number of aryl methyl sites for hydroxylation is 2. The van der Waals surface area contributed by atoms with Gasteiger partial charge < -0.3 is 4.57 Å². The second-order valence-electron chi connectivity index (χ2n) is 4.82. The van der Waals surface area contributed by atoms with Gasteiger partial charge in [0.05, 0.1) is 5.69 Å². The topological polar surface area (TPSA) is 50.7 Å². The normalized spacial score (nSPS) is 11.1. The van der Waals surface area contributed by atoms with E-state index in [4.69, 9.17) is 0 Å². The Morgan fingerprint density at radius 2 is 2.05 bits per heavy atom. The van der Waals surface area contributed by atoms with E-state index in [1.807, 2.05) is 32.2 Å². The number of para-hydroxylation sites is 1. The first-order valence-electron chi connectivity index (χ1n) is 6.23. The number of nitrogens with zero attached hydrogens (tertiary/aromatic N) is 2. The highest BCUT2D eigenvalue weighted by Gasteiger charge is 2.09. The highest BCUT2D eigenvalue weighted by Crippen LogP contribution is 2.22. The maximum Gasteiger partial charge on any atom is 0.267 e. The lowest BCUT2D eigenvalue weighted by Gasteiger charge is -2.00. The van der Waals surface area contributed by atoms with E-state index in [-0.39, 0.29) is 5.56 Å². The largest absolute Gasteiger partial charge is 0.350 e. The average molecular weight is 253 g/mol. The van der Waals surface area contributed by atoms with Gasteiger partial charge in [0.1, 0.15) is 0 Å². The molecule has 0 amide bonds. The van der Waals surface area contributed by atoms with E-state index >= 15 is 0 Å². The van der Waals surface area contributed by atoms with Crippen LogP contribution in [0, 0.1) is 6.92 Å². The molecular formula is C15H15N3O. The van der Waals surface area contributed by atoms with Crippen LogP contribution < -0.4 is 5.56 Å². The summed E-state index contributed by atoms with van der Waals surface area (Å²) in [5.41, 5.74) is 3.81. The van der Waals surface area contributed by atoms with Gasteiger partial charge in [-0.3, -0.25) is 4.79 Å². The van der Waals surface area contributed by atoms with Gasteiger partial charge >= 0.3 is 0 Å². The monoisotopic (exact) mass is 253 g/mol. The van der Waals surface area contributed by atoms with Crippen molar-refractivity contribution in [1.82, 2.24) is 14.8 Å². The summed E-state index contributed by atoms with van der Waals surface area (Å²) in [6.07, 6.45) is 2.71. The van der Waals surface area contributed by atoms with Crippen molar-refractivity contribution in [3.05, 3.63) is 63.7 Å². The molecule has 2 heterocycles. The van der Waals surface area contributed by atoms with Crippen LogP contribution in [0.5, 0.6) is 0 Å². The Morgan fingerprint density at radius 1 is 1.26 bits per heavy atom. The molecule has 3 aromatic rings. The number of hydrogen-bond acceptors (Lipinski definition) is 2. The van der Waals surface area contributed by atoms with Crippen LogP contribution in [0.15, 0.2) is 41.3 Å². The molecule has 4 heteroatoms. The van der Waals surface area contributed by atoms with Crippen LogP contribution in [-0.2, 0) is 13.5 Å². The summed E-state index contributed by atoms with van der Waals surface area (Å²) < 4.78 is 2.09. The van der Waals surface area contributed by atoms with Gasteiger partial charge in [-0.1, -0.05) is 18.2 Å². The number of fused-ring (bicyclic) bond motifs is 1. The summed E-state index contributed by atoms with van der Waals surface area (Å²) in [5, 5.41) is 7.63. The number of H-pyrrole nitrogens is 1. The number of aromatic amines is 1. The minimum atomic E-state index is -0.112. The molecule has 4 nitrogen and oxygen atoms in total. The van der Waals surface area contributed by atoms with Crippen molar-refractivity contribution >= 4 is 10.9 Å². The highest BCUT2D eigenvalue weighted by atomic mass is 16.1. The van der Waals surface area contributed by atoms with Gasteiger partial charge in [-0.2, -0.15) is 5.10 Å². The molecule has 0 spiro atoms. The van der Waals surface area contributed by atoms with Crippen LogP contribution in [0.25, 0.3) is 10.9 Å². The number of nitrogens with one attached hydrogen (secondary N) is 1. The Labute approximate surface area is 110 Å². The predicted octanol–water partition coefficient (Wildman–Crippen LogP) is 2.16. The summed E-state index contributed by atoms with van der Waals surface area (Å²) in [7, 11) is 2.02. The van der Waals surface area contributed by atoms with E-state index in [1.165, 1.54) is 10.9 Å². The number of aromatic nitrogens is 3. The molecule has 19 heavy (non-hydrogen) atoms. The maximum atomic E-state index is 11.8. The zero-order valence-corrected chi connectivity index (χ0v) is 11.0. The van der Waals surface area contributed by atoms with Crippen molar-refractivity contribution in [2.45, 2.75) is 13.3 Å². The van der Waals surface area contributed by atoms with Gasteiger partial charge in [0.2, 0.25) is 0 Å². The van der Waals surface area contributed by atoms with Crippen molar-refractivity contribution < 1.29 is 0 Å². The molecule has 0 bridgehead atoms. The minimum Gasteiger partial charge on any atom is -0.350 e. The second-order valence-corrected chi connectivity index (χ2v) is 4.82. The van der Waals surface area contributed by atoms with E-state index in [1.54, 1.807) is 0 Å². The summed E-state index contributed by atoms with van der Waals surface area (Å²) in [6.45, 7) is 1.88. The summed E-state index contributed by atoms with van der Waals surface area (Å²) in [5.74, 6) is 0. The van der Waals surface area contributed by atoms with Gasteiger partial charge in [-0.15, -0.1) is 0 Å². The van der Waals surface area contributed by atoms with Gasteiger partial charge in [0, 0.05) is 36.1 Å². The minimum absolute atomic E-state index is 0.112. The fourth-order valence-electron chi connectivity index (χ4n) is 2.46. The van der Waals surface area contributed by atoms with E-state index in [0.29, 0.717) is 6.42 Å². The van der Waals surface area contributed by atoms with E-state index in [9.17, 15) is 4.79 Å². The van der Waals surface area contributed by atoms with E-state index in [2.05, 4.69) is 33.1 Å². The smallest absolute Gasteiger partial charge is 0.267 e. The first kappa shape index (κ1) is 11.7. The molecule has 96 valence electrons. The Morgan fingerprint density at radius 3 is 2.89 bits per heavy atom. The standard InChI is InChI=1S/C15H15N3O/c1-10-7-11(15(19)17-16-10)8-12-9-18(2)14-6-4-3-5-13(12)14/h3-7,9H,8H2,1-2H3,(H,17,19). The van der Waals surface area contributed by atoms with Crippen LogP contribution in [0.1, 0.15) is 16.8 Å². The number of benzene rings is 1. The lowest BCUT2D eigenvalue weighted by atomic mass is 10.1. The van der Waals surface area contributed by atoms with Gasteiger partial charge in [-0.25, -0.2) is 5.10 Å². The fraction of sp³-hybridized carbons (Fsp3) is 0.200. The lowest BCUT2D eigenvalue weighted by molar-refractivity contribution is 0.909. The van der Waals surface area contributed by atoms with Gasteiger partial charge in [-0.05, 0) is 24.6 Å². The third-order valence-corrected chi connectivity index (χ3v) is 3.37. The Kier molecular flexibility index (Phi) is 2.71. The molecule has 0 fully saturated rings. The second kappa shape index (κ2) is 4.39. The first-order valence-corrected chi connectivity index (χ1v) is 6.23. The van der Waals surface area contributed by atoms with Gasteiger partial charge in [0.25, 0.3) is 5.56 Å². The summed E-state index contributed by atoms with van der Waals surface area (Å²) in [6, 6.07) is 10.1. The zero-order chi connectivity index (χ0) is 13.4. The number of hydrogen-bond donors (Lipinski definition) is 1. The molecule has 0 aliphatic rings. The molecular weight excluding hydrogens is 238 g/mol. The molecule has 3 rings (SSSR count). The van der Waals surface area contributed by atoms with Crippen LogP contribution in [0.2, 0.25) is 0 Å². The molecule has 1 N–H and O–H groups in total. The van der Waals surface area contributed by atoms with Gasteiger partial charge in [0.15, 0.2) is 0 Å². The zero-order valence-electron chi connectivity index (χ0n) is 11.0. The van der Waals surface area contributed by atoms with Crippen molar-refractivity contribution in [3.63, 3.8) is 0 Å². The van der Waals surface area contributed by atoms with Crippen LogP contribution in [0.4, 0.5) is 0 Å². The van der Waals surface area contributed by atoms with Crippen LogP contribution in [0.3, 0.4) is 0 Å². The molecule has 2 aromatic heterocycles. The van der Waals surface area contributed by atoms with Crippen molar-refractivity contribution in [3.8, 4) is 0 Å². The predicted molar refractivity (Wildman–Crippen MR) is 75.3 cm³/mol. The van der Waals surface area contributed by atoms with Crippen molar-refractivity contribution in [2.75, 3.05) is 0 Å². The Balaban J connectivity index is 2.11. The SMILES string of the molecule is Cc1cc(Cc2cn(C)c3ccccc23)c(=O)[nH]n1. The van der Waals surface area contributed by atoms with E-state index < -0.39 is 0 Å². The third-order valence-electron chi connectivity index (χ3n) is 3.37. The molecule has 0 atom stereocenters. The fourth-order valence-corrected chi connectivity index (χ4v) is 2.46. The Bertz CT molecular complexity index is 799. The quantitative estimate of drug-likeness (QED) is 0.761. The Hall–Kier alpha value is -2.36. The molecule has 0 aliphatic heterocycles. The maximum absolute atomic E-state index is 11.8. The summed E-state index contributed by atoms with van der Waals surface area (Å²) >= 11 is 0. The number of rotatable bonds is 2. The summed E-state index contributed by atoms with van der Waals surface area (Å²) in [4.78, 5) is 11.8. The van der Waals surface area contributed by atoms with Crippen LogP contribution in [-0.4, -0.2) is 14.8 Å². The average Bonchev–Trinajstić information content (AvgIpc) is 2.72. The van der Waals surface area contributed by atoms with E-state index in [0.717, 1.165) is 16.8 Å². The van der Waals surface area contributed by atoms with Crippen molar-refractivity contribution in [2.24, 2.45) is 7.05 Å².